The maximum Gasteiger partial charge on any atom is 0.346 e. The molecule has 1 aliphatic rings. The highest BCUT2D eigenvalue weighted by Crippen LogP contribution is 2.32. The van der Waals surface area contributed by atoms with E-state index < -0.39 is 17.9 Å². The van der Waals surface area contributed by atoms with E-state index in [0.29, 0.717) is 17.6 Å². The minimum Gasteiger partial charge on any atom is -0.478 e. The van der Waals surface area contributed by atoms with Crippen molar-refractivity contribution in [1.82, 2.24) is 15.5 Å². The lowest BCUT2D eigenvalue weighted by molar-refractivity contribution is -0.145. The molecular formula is C19H22FN3O5. The van der Waals surface area contributed by atoms with E-state index in [-0.39, 0.29) is 31.0 Å². The number of hydrogen-bond donors (Lipinski definition) is 2. The Hall–Kier alpha value is -2.97. The quantitative estimate of drug-likeness (QED) is 0.675. The molecule has 1 unspecified atom stereocenters. The molecule has 28 heavy (non-hydrogen) atoms. The van der Waals surface area contributed by atoms with E-state index in [1.54, 1.807) is 0 Å². The Morgan fingerprint density at radius 2 is 2.00 bits per heavy atom. The van der Waals surface area contributed by atoms with Crippen LogP contribution in [0.4, 0.5) is 4.39 Å². The second kappa shape index (κ2) is 9.29. The number of carboxylic acid groups (broad SMARTS) is 1. The molecule has 9 heteroatoms. The Bertz CT molecular complexity index is 802. The second-order valence-electron chi connectivity index (χ2n) is 6.73. The highest BCUT2D eigenvalue weighted by atomic mass is 19.1. The molecule has 8 nitrogen and oxygen atoms in total. The minimum absolute atomic E-state index is 0.0924. The number of benzene rings is 1. The van der Waals surface area contributed by atoms with Gasteiger partial charge in [0, 0.05) is 18.8 Å². The first-order valence-corrected chi connectivity index (χ1v) is 9.25. The number of aryl methyl sites for hydroxylation is 1. The second-order valence-corrected chi connectivity index (χ2v) is 6.73. The normalized spacial score (nSPS) is 15.3. The van der Waals surface area contributed by atoms with Crippen molar-refractivity contribution in [1.29, 1.82) is 0 Å². The lowest BCUT2D eigenvalue weighted by Gasteiger charge is -2.15. The van der Waals surface area contributed by atoms with Crippen molar-refractivity contribution in [2.75, 3.05) is 6.54 Å². The largest absolute Gasteiger partial charge is 0.478 e. The van der Waals surface area contributed by atoms with Crippen LogP contribution in [0.15, 0.2) is 28.8 Å². The number of aromatic nitrogens is 2. The maximum absolute atomic E-state index is 12.9. The SMILES string of the molecule is O=C(CCc1nc(C2CCCC2)no1)NCC(Oc1ccc(F)cc1)C(=O)O. The number of ether oxygens (including phenoxy) is 1. The summed E-state index contributed by atoms with van der Waals surface area (Å²) < 4.78 is 23.4. The van der Waals surface area contributed by atoms with E-state index in [4.69, 9.17) is 9.26 Å². The van der Waals surface area contributed by atoms with Crippen molar-refractivity contribution >= 4 is 11.9 Å². The molecule has 1 saturated carbocycles. The Balaban J connectivity index is 1.44. The molecule has 150 valence electrons. The summed E-state index contributed by atoms with van der Waals surface area (Å²) in [5.74, 6) is -0.400. The summed E-state index contributed by atoms with van der Waals surface area (Å²) in [5, 5.41) is 15.7. The van der Waals surface area contributed by atoms with Crippen molar-refractivity contribution in [2.45, 2.75) is 50.5 Å². The van der Waals surface area contributed by atoms with E-state index in [1.807, 2.05) is 0 Å². The third-order valence-corrected chi connectivity index (χ3v) is 4.62. The zero-order chi connectivity index (χ0) is 19.9. The van der Waals surface area contributed by atoms with Gasteiger partial charge in [-0.2, -0.15) is 4.98 Å². The number of aliphatic carboxylic acids is 1. The number of carbonyl (C=O) groups excluding carboxylic acids is 1. The van der Waals surface area contributed by atoms with E-state index in [9.17, 15) is 19.1 Å². The molecule has 0 aliphatic heterocycles. The molecule has 1 atom stereocenters. The Labute approximate surface area is 161 Å². The number of nitrogens with zero attached hydrogens (tertiary/aromatic N) is 2. The Kier molecular flexibility index (Phi) is 6.57. The first-order chi connectivity index (χ1) is 13.5. The van der Waals surface area contributed by atoms with Gasteiger partial charge in [-0.05, 0) is 37.1 Å². The molecule has 3 rings (SSSR count). The van der Waals surface area contributed by atoms with Crippen LogP contribution in [-0.4, -0.2) is 39.8 Å². The van der Waals surface area contributed by atoms with Crippen LogP contribution in [-0.2, 0) is 16.0 Å². The highest BCUT2D eigenvalue weighted by molar-refractivity contribution is 5.78. The average molecular weight is 391 g/mol. The van der Waals surface area contributed by atoms with Crippen LogP contribution < -0.4 is 10.1 Å². The van der Waals surface area contributed by atoms with Crippen molar-refractivity contribution in [3.05, 3.63) is 41.8 Å². The average Bonchev–Trinajstić information content (AvgIpc) is 3.36. The summed E-state index contributed by atoms with van der Waals surface area (Å²) in [7, 11) is 0. The standard InChI is InChI=1S/C19H22FN3O5/c20-13-5-7-14(8-6-13)27-15(19(25)26)11-21-16(24)9-10-17-22-18(23-28-17)12-3-1-2-4-12/h5-8,12,15H,1-4,9-11H2,(H,21,24)(H,25,26). The molecule has 0 radical (unpaired) electrons. The third-order valence-electron chi connectivity index (χ3n) is 4.62. The molecule has 1 aromatic heterocycles. The van der Waals surface area contributed by atoms with E-state index in [0.717, 1.165) is 25.0 Å². The number of amides is 1. The van der Waals surface area contributed by atoms with E-state index in [1.165, 1.54) is 25.0 Å². The molecule has 0 bridgehead atoms. The molecule has 0 saturated heterocycles. The topological polar surface area (TPSA) is 115 Å². The molecule has 1 amide bonds. The van der Waals surface area contributed by atoms with Gasteiger partial charge in [-0.25, -0.2) is 9.18 Å². The minimum atomic E-state index is -1.29. The van der Waals surface area contributed by atoms with Crippen LogP contribution in [0.1, 0.15) is 49.7 Å². The first-order valence-electron chi connectivity index (χ1n) is 9.25. The summed E-state index contributed by atoms with van der Waals surface area (Å²) in [6.45, 7) is -0.220. The van der Waals surface area contributed by atoms with Gasteiger partial charge < -0.3 is 19.7 Å². The van der Waals surface area contributed by atoms with Crippen LogP contribution in [0.25, 0.3) is 0 Å². The number of rotatable bonds is 9. The molecule has 0 spiro atoms. The van der Waals surface area contributed by atoms with Gasteiger partial charge in [0.1, 0.15) is 11.6 Å². The number of hydrogen-bond acceptors (Lipinski definition) is 6. The molecule has 1 aliphatic carbocycles. The number of carbonyl (C=O) groups is 2. The molecule has 1 fully saturated rings. The summed E-state index contributed by atoms with van der Waals surface area (Å²) in [6, 6.07) is 4.98. The summed E-state index contributed by atoms with van der Waals surface area (Å²) >= 11 is 0. The predicted molar refractivity (Wildman–Crippen MR) is 95.3 cm³/mol. The van der Waals surface area contributed by atoms with Gasteiger partial charge in [-0.1, -0.05) is 18.0 Å². The fourth-order valence-electron chi connectivity index (χ4n) is 3.09. The van der Waals surface area contributed by atoms with Gasteiger partial charge in [-0.3, -0.25) is 4.79 Å². The zero-order valence-electron chi connectivity index (χ0n) is 15.3. The fraction of sp³-hybridized carbons (Fsp3) is 0.474. The summed E-state index contributed by atoms with van der Waals surface area (Å²) in [4.78, 5) is 27.7. The third kappa shape index (κ3) is 5.51. The Morgan fingerprint density at radius 1 is 1.29 bits per heavy atom. The monoisotopic (exact) mass is 391 g/mol. The van der Waals surface area contributed by atoms with Crippen LogP contribution in [0.2, 0.25) is 0 Å². The zero-order valence-corrected chi connectivity index (χ0v) is 15.3. The number of nitrogens with one attached hydrogen (secondary N) is 1. The lowest BCUT2D eigenvalue weighted by atomic mass is 10.1. The molecule has 1 aromatic carbocycles. The van der Waals surface area contributed by atoms with E-state index >= 15 is 0 Å². The van der Waals surface area contributed by atoms with Gasteiger partial charge >= 0.3 is 5.97 Å². The van der Waals surface area contributed by atoms with Crippen molar-refractivity contribution in [3.63, 3.8) is 0 Å². The smallest absolute Gasteiger partial charge is 0.346 e. The maximum atomic E-state index is 12.9. The first kappa shape index (κ1) is 19.8. The van der Waals surface area contributed by atoms with Crippen molar-refractivity contribution in [3.8, 4) is 5.75 Å². The molecule has 2 N–H and O–H groups in total. The van der Waals surface area contributed by atoms with Crippen molar-refractivity contribution in [2.24, 2.45) is 0 Å². The summed E-state index contributed by atoms with van der Waals surface area (Å²) in [5.41, 5.74) is 0. The van der Waals surface area contributed by atoms with Gasteiger partial charge in [0.25, 0.3) is 0 Å². The van der Waals surface area contributed by atoms with Gasteiger partial charge in [0.05, 0.1) is 6.54 Å². The van der Waals surface area contributed by atoms with Crippen molar-refractivity contribution < 1.29 is 28.3 Å². The highest BCUT2D eigenvalue weighted by Gasteiger charge is 2.23. The van der Waals surface area contributed by atoms with Crippen LogP contribution in [0.3, 0.4) is 0 Å². The van der Waals surface area contributed by atoms with Gasteiger partial charge in [-0.15, -0.1) is 0 Å². The molecule has 1 heterocycles. The summed E-state index contributed by atoms with van der Waals surface area (Å²) in [6.07, 6.45) is 3.54. The lowest BCUT2D eigenvalue weighted by Crippen LogP contribution is -2.40. The van der Waals surface area contributed by atoms with Crippen LogP contribution in [0.5, 0.6) is 5.75 Å². The fourth-order valence-corrected chi connectivity index (χ4v) is 3.09. The van der Waals surface area contributed by atoms with Crippen LogP contribution in [0, 0.1) is 5.82 Å². The van der Waals surface area contributed by atoms with Gasteiger partial charge in [0.2, 0.25) is 17.9 Å². The Morgan fingerprint density at radius 3 is 2.68 bits per heavy atom. The predicted octanol–water partition coefficient (Wildman–Crippen LogP) is 2.45. The van der Waals surface area contributed by atoms with Gasteiger partial charge in [0.15, 0.2) is 5.82 Å². The molecule has 2 aromatic rings. The molecular weight excluding hydrogens is 369 g/mol. The van der Waals surface area contributed by atoms with E-state index in [2.05, 4.69) is 15.5 Å². The number of carboxylic acids is 1. The van der Waals surface area contributed by atoms with Crippen LogP contribution >= 0.6 is 0 Å². The number of halogens is 1.